The van der Waals surface area contributed by atoms with Crippen molar-refractivity contribution in [3.05, 3.63) is 39.6 Å². The Morgan fingerprint density at radius 1 is 1.47 bits per heavy atom. The Bertz CT molecular complexity index is 544. The second kappa shape index (κ2) is 5.21. The molecule has 0 unspecified atom stereocenters. The number of nitrogens with zero attached hydrogens (tertiary/aromatic N) is 1. The number of benzene rings is 1. The first-order valence-corrected chi connectivity index (χ1v) is 6.49. The minimum Gasteiger partial charge on any atom is -0.428 e. The summed E-state index contributed by atoms with van der Waals surface area (Å²) in [5.74, 6) is -0.00123. The molecule has 0 saturated heterocycles. The molecule has 0 atom stereocenters. The molecule has 90 valence electrons. The third-order valence-electron chi connectivity index (χ3n) is 2.11. The van der Waals surface area contributed by atoms with Crippen LogP contribution in [-0.4, -0.2) is 4.98 Å². The van der Waals surface area contributed by atoms with Crippen molar-refractivity contribution in [2.24, 2.45) is 0 Å². The fraction of sp³-hybridized carbons (Fsp3) is 0.182. The van der Waals surface area contributed by atoms with Crippen molar-refractivity contribution in [1.82, 2.24) is 4.98 Å². The van der Waals surface area contributed by atoms with Crippen molar-refractivity contribution in [1.29, 1.82) is 0 Å². The van der Waals surface area contributed by atoms with Crippen LogP contribution in [-0.2, 0) is 5.88 Å². The Kier molecular flexibility index (Phi) is 3.86. The SMILES string of the molecule is Cc1cccc(Oc2nc(Cl)c(CCl)s2)c1F. The highest BCUT2D eigenvalue weighted by Gasteiger charge is 2.13. The van der Waals surface area contributed by atoms with Crippen molar-refractivity contribution >= 4 is 34.5 Å². The molecule has 0 spiro atoms. The Morgan fingerprint density at radius 3 is 2.88 bits per heavy atom. The lowest BCUT2D eigenvalue weighted by molar-refractivity contribution is 0.437. The average Bonchev–Trinajstić information content (AvgIpc) is 2.65. The van der Waals surface area contributed by atoms with Crippen LogP contribution in [0.1, 0.15) is 10.4 Å². The number of ether oxygens (including phenoxy) is 1. The summed E-state index contributed by atoms with van der Waals surface area (Å²) in [7, 11) is 0. The molecule has 0 saturated carbocycles. The molecule has 6 heteroatoms. The van der Waals surface area contributed by atoms with Gasteiger partial charge in [0.05, 0.1) is 10.8 Å². The zero-order valence-corrected chi connectivity index (χ0v) is 11.2. The summed E-state index contributed by atoms with van der Waals surface area (Å²) in [6.45, 7) is 1.67. The van der Waals surface area contributed by atoms with E-state index in [4.69, 9.17) is 27.9 Å². The topological polar surface area (TPSA) is 22.1 Å². The van der Waals surface area contributed by atoms with Crippen LogP contribution in [0.2, 0.25) is 5.15 Å². The minimum atomic E-state index is -0.397. The number of aromatic nitrogens is 1. The van der Waals surface area contributed by atoms with Gasteiger partial charge in [-0.05, 0) is 18.6 Å². The number of alkyl halides is 1. The molecule has 1 aromatic carbocycles. The molecule has 0 radical (unpaired) electrons. The molecule has 0 aliphatic carbocycles. The maximum absolute atomic E-state index is 13.7. The van der Waals surface area contributed by atoms with Gasteiger partial charge in [-0.3, -0.25) is 0 Å². The third kappa shape index (κ3) is 2.70. The van der Waals surface area contributed by atoms with E-state index in [-0.39, 0.29) is 16.8 Å². The molecule has 2 rings (SSSR count). The molecule has 0 bridgehead atoms. The van der Waals surface area contributed by atoms with Crippen molar-refractivity contribution in [2.75, 3.05) is 0 Å². The van der Waals surface area contributed by atoms with Crippen molar-refractivity contribution < 1.29 is 9.13 Å². The van der Waals surface area contributed by atoms with Crippen LogP contribution in [0.5, 0.6) is 10.9 Å². The Morgan fingerprint density at radius 2 is 2.24 bits per heavy atom. The molecule has 2 aromatic rings. The van der Waals surface area contributed by atoms with Crippen LogP contribution in [0.4, 0.5) is 4.39 Å². The molecule has 0 amide bonds. The van der Waals surface area contributed by atoms with Gasteiger partial charge in [0, 0.05) is 0 Å². The number of hydrogen-bond donors (Lipinski definition) is 0. The normalized spacial score (nSPS) is 10.6. The number of thiazole rings is 1. The standard InChI is InChI=1S/C11H8Cl2FNOS/c1-6-3-2-4-7(9(6)14)16-11-15-10(13)8(5-12)17-11/h2-4H,5H2,1H3. The van der Waals surface area contributed by atoms with Gasteiger partial charge in [-0.25, -0.2) is 4.39 Å². The van der Waals surface area contributed by atoms with E-state index in [0.29, 0.717) is 15.6 Å². The van der Waals surface area contributed by atoms with E-state index < -0.39 is 5.82 Å². The third-order valence-corrected chi connectivity index (χ3v) is 3.89. The van der Waals surface area contributed by atoms with Crippen LogP contribution in [0.3, 0.4) is 0 Å². The molecular weight excluding hydrogens is 284 g/mol. The monoisotopic (exact) mass is 291 g/mol. The number of rotatable bonds is 3. The number of aryl methyl sites for hydroxylation is 1. The lowest BCUT2D eigenvalue weighted by Gasteiger charge is -2.04. The lowest BCUT2D eigenvalue weighted by Crippen LogP contribution is -1.89. The van der Waals surface area contributed by atoms with Crippen molar-refractivity contribution in [2.45, 2.75) is 12.8 Å². The van der Waals surface area contributed by atoms with Crippen molar-refractivity contribution in [3.8, 4) is 10.9 Å². The molecule has 0 N–H and O–H groups in total. The maximum Gasteiger partial charge on any atom is 0.280 e. The summed E-state index contributed by atoms with van der Waals surface area (Å²) in [6.07, 6.45) is 0. The summed E-state index contributed by atoms with van der Waals surface area (Å²) >= 11 is 12.7. The van der Waals surface area contributed by atoms with Gasteiger partial charge >= 0.3 is 0 Å². The van der Waals surface area contributed by atoms with E-state index in [9.17, 15) is 4.39 Å². The van der Waals surface area contributed by atoms with Gasteiger partial charge in [-0.2, -0.15) is 4.98 Å². The maximum atomic E-state index is 13.7. The number of hydrogen-bond acceptors (Lipinski definition) is 3. The van der Waals surface area contributed by atoms with Crippen LogP contribution in [0.15, 0.2) is 18.2 Å². The van der Waals surface area contributed by atoms with E-state index in [2.05, 4.69) is 4.98 Å². The Balaban J connectivity index is 2.28. The van der Waals surface area contributed by atoms with Crippen LogP contribution in [0.25, 0.3) is 0 Å². The van der Waals surface area contributed by atoms with E-state index in [1.54, 1.807) is 19.1 Å². The zero-order valence-electron chi connectivity index (χ0n) is 8.84. The lowest BCUT2D eigenvalue weighted by atomic mass is 10.2. The minimum absolute atomic E-state index is 0.136. The summed E-state index contributed by atoms with van der Waals surface area (Å²) in [4.78, 5) is 4.66. The van der Waals surface area contributed by atoms with Crippen molar-refractivity contribution in [3.63, 3.8) is 0 Å². The van der Waals surface area contributed by atoms with Gasteiger partial charge in [0.15, 0.2) is 11.6 Å². The zero-order chi connectivity index (χ0) is 12.4. The predicted molar refractivity (Wildman–Crippen MR) is 67.9 cm³/mol. The summed E-state index contributed by atoms with van der Waals surface area (Å²) in [5.41, 5.74) is 0.516. The Hall–Kier alpha value is -0.840. The molecule has 17 heavy (non-hydrogen) atoms. The Labute approximate surface area is 112 Å². The van der Waals surface area contributed by atoms with E-state index in [1.165, 1.54) is 17.4 Å². The second-order valence-electron chi connectivity index (χ2n) is 3.32. The van der Waals surface area contributed by atoms with Gasteiger partial charge in [0.25, 0.3) is 5.19 Å². The highest BCUT2D eigenvalue weighted by molar-refractivity contribution is 7.14. The summed E-state index contributed by atoms with van der Waals surface area (Å²) in [5, 5.41) is 0.586. The van der Waals surface area contributed by atoms with Crippen LogP contribution in [0, 0.1) is 12.7 Å². The fourth-order valence-corrected chi connectivity index (χ4v) is 2.56. The molecule has 1 heterocycles. The van der Waals surface area contributed by atoms with Gasteiger partial charge in [-0.1, -0.05) is 35.1 Å². The molecule has 1 aromatic heterocycles. The molecule has 0 fully saturated rings. The first-order valence-electron chi connectivity index (χ1n) is 4.76. The molecule has 2 nitrogen and oxygen atoms in total. The first kappa shape index (κ1) is 12.6. The first-order chi connectivity index (χ1) is 8.11. The van der Waals surface area contributed by atoms with Gasteiger partial charge in [0.2, 0.25) is 0 Å². The molecular formula is C11H8Cl2FNOS. The number of halogens is 3. The van der Waals surface area contributed by atoms with Crippen LogP contribution < -0.4 is 4.74 Å². The predicted octanol–water partition coefficient (Wildman–Crippen LogP) is 4.78. The quantitative estimate of drug-likeness (QED) is 0.760. The molecule has 0 aliphatic rings. The second-order valence-corrected chi connectivity index (χ2v) is 4.99. The van der Waals surface area contributed by atoms with E-state index in [0.717, 1.165) is 0 Å². The van der Waals surface area contributed by atoms with E-state index >= 15 is 0 Å². The summed E-state index contributed by atoms with van der Waals surface area (Å²) < 4.78 is 19.0. The molecule has 0 aliphatic heterocycles. The van der Waals surface area contributed by atoms with Gasteiger partial charge in [0.1, 0.15) is 5.15 Å². The van der Waals surface area contributed by atoms with E-state index in [1.807, 2.05) is 0 Å². The highest BCUT2D eigenvalue weighted by atomic mass is 35.5. The average molecular weight is 292 g/mol. The van der Waals surface area contributed by atoms with Gasteiger partial charge in [-0.15, -0.1) is 11.6 Å². The van der Waals surface area contributed by atoms with Crippen LogP contribution >= 0.6 is 34.5 Å². The fourth-order valence-electron chi connectivity index (χ4n) is 1.23. The highest BCUT2D eigenvalue weighted by Crippen LogP contribution is 2.34. The largest absolute Gasteiger partial charge is 0.428 e. The summed E-state index contributed by atoms with van der Waals surface area (Å²) in [6, 6.07) is 4.92. The smallest absolute Gasteiger partial charge is 0.280 e. The van der Waals surface area contributed by atoms with Gasteiger partial charge < -0.3 is 4.74 Å².